The number of hydrogen-bond acceptors (Lipinski definition) is 1. The van der Waals surface area contributed by atoms with Crippen LogP contribution in [0.25, 0.3) is 16.8 Å². The van der Waals surface area contributed by atoms with Crippen LogP contribution in [0.1, 0.15) is 18.9 Å². The van der Waals surface area contributed by atoms with Gasteiger partial charge in [0.05, 0.1) is 16.8 Å². The number of hydrogen-bond donors (Lipinski definition) is 0. The lowest BCUT2D eigenvalue weighted by Crippen LogP contribution is -2.22. The Labute approximate surface area is 156 Å². The fraction of sp³-hybridized carbons (Fsp3) is 0.211. The van der Waals surface area contributed by atoms with Crippen LogP contribution in [0.4, 0.5) is 13.2 Å². The second-order valence-electron chi connectivity index (χ2n) is 5.85. The van der Waals surface area contributed by atoms with Crippen LogP contribution in [0.3, 0.4) is 0 Å². The Kier molecular flexibility index (Phi) is 5.09. The minimum Gasteiger partial charge on any atom is -0.284 e. The van der Waals surface area contributed by atoms with Crippen molar-refractivity contribution < 1.29 is 13.2 Å². The predicted octanol–water partition coefficient (Wildman–Crippen LogP) is 5.50. The summed E-state index contributed by atoms with van der Waals surface area (Å²) in [5.41, 5.74) is -0.000261. The monoisotopic (exact) mass is 424 g/mol. The van der Waals surface area contributed by atoms with Gasteiger partial charge in [-0.3, -0.25) is 9.48 Å². The molecule has 0 saturated heterocycles. The Morgan fingerprint density at radius 2 is 1.81 bits per heavy atom. The molecule has 3 nitrogen and oxygen atoms in total. The molecule has 7 heteroatoms. The first-order valence-electron chi connectivity index (χ1n) is 8.08. The van der Waals surface area contributed by atoms with Gasteiger partial charge >= 0.3 is 6.18 Å². The van der Waals surface area contributed by atoms with Crippen LogP contribution in [0, 0.1) is 0 Å². The molecule has 3 aromatic rings. The number of nitrogens with zero attached hydrogens (tertiary/aromatic N) is 2. The van der Waals surface area contributed by atoms with E-state index in [1.54, 1.807) is 23.0 Å². The second kappa shape index (κ2) is 7.15. The number of benzene rings is 2. The Morgan fingerprint density at radius 1 is 1.08 bits per heavy atom. The van der Waals surface area contributed by atoms with Gasteiger partial charge in [0, 0.05) is 17.2 Å². The second-order valence-corrected chi connectivity index (χ2v) is 6.71. The molecular weight excluding hydrogens is 409 g/mol. The highest BCUT2D eigenvalue weighted by molar-refractivity contribution is 9.10. The first kappa shape index (κ1) is 18.5. The Bertz CT molecular complexity index is 989. The third-order valence-electron chi connectivity index (χ3n) is 3.99. The lowest BCUT2D eigenvalue weighted by atomic mass is 10.1. The Hall–Kier alpha value is -2.28. The molecule has 0 unspecified atom stereocenters. The fourth-order valence-corrected chi connectivity index (χ4v) is 3.27. The summed E-state index contributed by atoms with van der Waals surface area (Å²) in [6.07, 6.45) is -2.06. The van der Waals surface area contributed by atoms with Gasteiger partial charge in [-0.25, -0.2) is 4.68 Å². The van der Waals surface area contributed by atoms with Gasteiger partial charge in [0.25, 0.3) is 5.56 Å². The summed E-state index contributed by atoms with van der Waals surface area (Å²) >= 11 is 3.43. The largest absolute Gasteiger partial charge is 0.416 e. The van der Waals surface area contributed by atoms with Crippen molar-refractivity contribution >= 4 is 15.9 Å². The molecule has 3 rings (SSSR count). The highest BCUT2D eigenvalue weighted by Crippen LogP contribution is 2.32. The third kappa shape index (κ3) is 3.49. The number of aryl methyl sites for hydroxylation is 1. The minimum absolute atomic E-state index is 0.236. The van der Waals surface area contributed by atoms with Crippen molar-refractivity contribution in [1.82, 2.24) is 9.36 Å². The van der Waals surface area contributed by atoms with Crippen LogP contribution >= 0.6 is 15.9 Å². The van der Waals surface area contributed by atoms with Gasteiger partial charge in [0.15, 0.2) is 0 Å². The summed E-state index contributed by atoms with van der Waals surface area (Å²) in [4.78, 5) is 13.0. The maximum absolute atomic E-state index is 13.0. The van der Waals surface area contributed by atoms with Crippen LogP contribution in [0.5, 0.6) is 0 Å². The summed E-state index contributed by atoms with van der Waals surface area (Å²) in [7, 11) is 0. The smallest absolute Gasteiger partial charge is 0.284 e. The zero-order valence-corrected chi connectivity index (χ0v) is 15.5. The van der Waals surface area contributed by atoms with Crippen LogP contribution < -0.4 is 5.56 Å². The zero-order chi connectivity index (χ0) is 18.9. The molecule has 0 aliphatic carbocycles. The highest BCUT2D eigenvalue weighted by atomic mass is 79.9. The van der Waals surface area contributed by atoms with Crippen molar-refractivity contribution in [2.45, 2.75) is 26.1 Å². The SMILES string of the molecule is CCCn1cc(-c2cccc(C(F)(F)F)c2)c(=O)n1-c1ccccc1Br. The molecule has 136 valence electrons. The molecule has 26 heavy (non-hydrogen) atoms. The van der Waals surface area contributed by atoms with E-state index in [-0.39, 0.29) is 16.7 Å². The summed E-state index contributed by atoms with van der Waals surface area (Å²) in [5.74, 6) is 0. The Balaban J connectivity index is 2.21. The maximum Gasteiger partial charge on any atom is 0.416 e. The zero-order valence-electron chi connectivity index (χ0n) is 13.9. The van der Waals surface area contributed by atoms with Crippen molar-refractivity contribution in [3.8, 4) is 16.8 Å². The molecule has 1 heterocycles. The van der Waals surface area contributed by atoms with E-state index in [1.807, 2.05) is 19.1 Å². The average Bonchev–Trinajstić information content (AvgIpc) is 2.91. The quantitative estimate of drug-likeness (QED) is 0.543. The Morgan fingerprint density at radius 3 is 2.46 bits per heavy atom. The number of aromatic nitrogens is 2. The molecule has 0 bridgehead atoms. The molecule has 2 aromatic carbocycles. The molecule has 0 radical (unpaired) electrons. The van der Waals surface area contributed by atoms with Gasteiger partial charge in [-0.05, 0) is 52.2 Å². The van der Waals surface area contributed by atoms with E-state index in [0.29, 0.717) is 12.2 Å². The lowest BCUT2D eigenvalue weighted by Gasteiger charge is -2.11. The van der Waals surface area contributed by atoms with Crippen LogP contribution in [-0.4, -0.2) is 9.36 Å². The van der Waals surface area contributed by atoms with Crippen molar-refractivity contribution in [1.29, 1.82) is 0 Å². The van der Waals surface area contributed by atoms with Crippen molar-refractivity contribution in [2.24, 2.45) is 0 Å². The lowest BCUT2D eigenvalue weighted by molar-refractivity contribution is -0.137. The van der Waals surface area contributed by atoms with Gasteiger partial charge in [-0.2, -0.15) is 13.2 Å². The summed E-state index contributed by atoms with van der Waals surface area (Å²) in [6, 6.07) is 12.1. The van der Waals surface area contributed by atoms with Crippen molar-refractivity contribution in [2.75, 3.05) is 0 Å². The van der Waals surface area contributed by atoms with Gasteiger partial charge in [0.2, 0.25) is 0 Å². The minimum atomic E-state index is -4.45. The topological polar surface area (TPSA) is 26.9 Å². The number of alkyl halides is 3. The molecule has 0 atom stereocenters. The van der Waals surface area contributed by atoms with Gasteiger partial charge < -0.3 is 0 Å². The molecule has 1 aromatic heterocycles. The van der Waals surface area contributed by atoms with Crippen LogP contribution in [0.15, 0.2) is 64.0 Å². The van der Waals surface area contributed by atoms with E-state index in [0.717, 1.165) is 23.0 Å². The van der Waals surface area contributed by atoms with Crippen LogP contribution in [0.2, 0.25) is 0 Å². The molecule has 0 spiro atoms. The normalized spacial score (nSPS) is 11.7. The molecule has 0 N–H and O–H groups in total. The molecule has 0 aliphatic heterocycles. The van der Waals surface area contributed by atoms with Gasteiger partial charge in [-0.1, -0.05) is 31.2 Å². The summed E-state index contributed by atoms with van der Waals surface area (Å²) in [5, 5.41) is 0. The summed E-state index contributed by atoms with van der Waals surface area (Å²) in [6.45, 7) is 2.54. The molecule has 0 aliphatic rings. The number of rotatable bonds is 4. The highest BCUT2D eigenvalue weighted by Gasteiger charge is 2.30. The average molecular weight is 425 g/mol. The first-order chi connectivity index (χ1) is 12.3. The van der Waals surface area contributed by atoms with Crippen LogP contribution in [-0.2, 0) is 12.7 Å². The van der Waals surface area contributed by atoms with E-state index >= 15 is 0 Å². The molecule has 0 amide bonds. The van der Waals surface area contributed by atoms with Gasteiger partial charge in [0.1, 0.15) is 0 Å². The molecular formula is C19H16BrF3N2O. The van der Waals surface area contributed by atoms with E-state index in [1.165, 1.54) is 16.8 Å². The number of halogens is 4. The summed E-state index contributed by atoms with van der Waals surface area (Å²) < 4.78 is 43.0. The standard InChI is InChI=1S/C19H16BrF3N2O/c1-2-10-24-12-15(13-6-5-7-14(11-13)19(21,22)23)18(26)25(24)17-9-4-3-8-16(17)20/h3-9,11-12H,2,10H2,1H3. The van der Waals surface area contributed by atoms with E-state index < -0.39 is 11.7 Å². The maximum atomic E-state index is 13.0. The number of para-hydroxylation sites is 1. The fourth-order valence-electron chi connectivity index (χ4n) is 2.82. The van der Waals surface area contributed by atoms with E-state index in [4.69, 9.17) is 0 Å². The van der Waals surface area contributed by atoms with Crippen molar-refractivity contribution in [3.63, 3.8) is 0 Å². The van der Waals surface area contributed by atoms with E-state index in [9.17, 15) is 18.0 Å². The molecule has 0 fully saturated rings. The predicted molar refractivity (Wildman–Crippen MR) is 98.5 cm³/mol. The molecule has 0 saturated carbocycles. The van der Waals surface area contributed by atoms with Gasteiger partial charge in [-0.15, -0.1) is 0 Å². The third-order valence-corrected chi connectivity index (χ3v) is 4.66. The van der Waals surface area contributed by atoms with Crippen molar-refractivity contribution in [3.05, 3.63) is 75.1 Å². The van der Waals surface area contributed by atoms with E-state index in [2.05, 4.69) is 15.9 Å². The first-order valence-corrected chi connectivity index (χ1v) is 8.87.